The summed E-state index contributed by atoms with van der Waals surface area (Å²) in [6.45, 7) is -0.358. The summed E-state index contributed by atoms with van der Waals surface area (Å²) in [6, 6.07) is 6.59. The first-order valence-electron chi connectivity index (χ1n) is 7.18. The predicted molar refractivity (Wildman–Crippen MR) is 96.3 cm³/mol. The van der Waals surface area contributed by atoms with Gasteiger partial charge >= 0.3 is 10.2 Å². The smallest absolute Gasteiger partial charge is 0.329 e. The Balaban J connectivity index is 2.13. The quantitative estimate of drug-likeness (QED) is 0.777. The van der Waals surface area contributed by atoms with Gasteiger partial charge in [-0.3, -0.25) is 4.79 Å². The molecule has 2 heterocycles. The van der Waals surface area contributed by atoms with Crippen molar-refractivity contribution in [1.29, 1.82) is 0 Å². The van der Waals surface area contributed by atoms with Crippen LogP contribution in [0.4, 0.5) is 5.69 Å². The van der Waals surface area contributed by atoms with Crippen molar-refractivity contribution in [2.24, 2.45) is 0 Å². The number of hydrogen-bond donors (Lipinski definition) is 1. The molecule has 1 fully saturated rings. The Morgan fingerprint density at radius 2 is 2.08 bits per heavy atom. The maximum Gasteiger partial charge on any atom is 0.329 e. The molecule has 1 aliphatic rings. The highest BCUT2D eigenvalue weighted by Gasteiger charge is 2.41. The van der Waals surface area contributed by atoms with Gasteiger partial charge < -0.3 is 9.84 Å². The van der Waals surface area contributed by atoms with E-state index < -0.39 is 16.1 Å². The number of anilines is 1. The van der Waals surface area contributed by atoms with Gasteiger partial charge in [0.25, 0.3) is 5.91 Å². The average Bonchev–Trinajstić information content (AvgIpc) is 2.77. The van der Waals surface area contributed by atoms with Crippen LogP contribution in [0.15, 0.2) is 30.5 Å². The summed E-state index contributed by atoms with van der Waals surface area (Å²) in [4.78, 5) is 15.9. The number of rotatable bonds is 3. The van der Waals surface area contributed by atoms with Crippen LogP contribution in [-0.2, 0) is 15.0 Å². The Labute approximate surface area is 147 Å². The highest BCUT2D eigenvalue weighted by atomic mass is 32.2. The van der Waals surface area contributed by atoms with E-state index >= 15 is 0 Å². The second-order valence-electron chi connectivity index (χ2n) is 5.37. The lowest BCUT2D eigenvalue weighted by Gasteiger charge is -2.21. The zero-order chi connectivity index (χ0) is 18.4. The highest BCUT2D eigenvalue weighted by molar-refractivity contribution is 7.91. The van der Waals surface area contributed by atoms with E-state index in [0.717, 1.165) is 4.31 Å². The van der Waals surface area contributed by atoms with Crippen molar-refractivity contribution in [2.45, 2.75) is 0 Å². The first-order valence-corrected chi connectivity index (χ1v) is 9.16. The third kappa shape index (κ3) is 2.79. The molecule has 2 aromatic rings. The SMILES string of the molecule is COc1ncccc1-c1cc(O)c(N2CC(=O)N(C)S2(=O)=O)c(P)c1. The molecule has 1 saturated heterocycles. The molecule has 8 nitrogen and oxygen atoms in total. The van der Waals surface area contributed by atoms with Gasteiger partial charge in [-0.25, -0.2) is 13.6 Å². The summed E-state index contributed by atoms with van der Waals surface area (Å²) >= 11 is 0. The van der Waals surface area contributed by atoms with E-state index in [1.807, 2.05) is 0 Å². The Bertz CT molecular complexity index is 940. The molecule has 0 radical (unpaired) electrons. The number of pyridine rings is 1. The molecule has 25 heavy (non-hydrogen) atoms. The van der Waals surface area contributed by atoms with E-state index in [9.17, 15) is 18.3 Å². The number of nitrogens with zero attached hydrogens (tertiary/aromatic N) is 3. The van der Waals surface area contributed by atoms with Gasteiger partial charge in [0.1, 0.15) is 18.0 Å². The Kier molecular flexibility index (Phi) is 4.30. The first-order chi connectivity index (χ1) is 11.8. The van der Waals surface area contributed by atoms with Crippen LogP contribution in [0.2, 0.25) is 0 Å². The van der Waals surface area contributed by atoms with Crippen molar-refractivity contribution < 1.29 is 23.1 Å². The van der Waals surface area contributed by atoms with Crippen molar-refractivity contribution in [1.82, 2.24) is 9.29 Å². The number of phenols is 1. The number of hydrogen-bond acceptors (Lipinski definition) is 6. The fourth-order valence-electron chi connectivity index (χ4n) is 2.62. The zero-order valence-corrected chi connectivity index (χ0v) is 15.5. The van der Waals surface area contributed by atoms with Gasteiger partial charge in [0, 0.05) is 18.8 Å². The van der Waals surface area contributed by atoms with Crippen LogP contribution in [0.3, 0.4) is 0 Å². The third-order valence-electron chi connectivity index (χ3n) is 3.90. The largest absolute Gasteiger partial charge is 0.506 e. The van der Waals surface area contributed by atoms with E-state index in [1.165, 1.54) is 20.2 Å². The number of benzene rings is 1. The van der Waals surface area contributed by atoms with Gasteiger partial charge in [0.15, 0.2) is 0 Å². The third-order valence-corrected chi connectivity index (χ3v) is 6.10. The summed E-state index contributed by atoms with van der Waals surface area (Å²) in [5, 5.41) is 10.9. The number of aromatic hydroxyl groups is 1. The molecule has 1 atom stereocenters. The van der Waals surface area contributed by atoms with Crippen molar-refractivity contribution in [3.8, 4) is 22.8 Å². The van der Waals surface area contributed by atoms with E-state index in [0.29, 0.717) is 26.6 Å². The van der Waals surface area contributed by atoms with Crippen molar-refractivity contribution in [3.05, 3.63) is 30.5 Å². The van der Waals surface area contributed by atoms with Crippen LogP contribution in [0.1, 0.15) is 0 Å². The van der Waals surface area contributed by atoms with E-state index in [1.54, 1.807) is 24.4 Å². The maximum absolute atomic E-state index is 12.3. The van der Waals surface area contributed by atoms with E-state index in [2.05, 4.69) is 14.2 Å². The number of likely N-dealkylation sites (N-methyl/N-ethyl adjacent to an activating group) is 1. The molecule has 1 aromatic heterocycles. The Morgan fingerprint density at radius 1 is 1.36 bits per heavy atom. The Hall–Kier alpha value is -2.38. The molecule has 1 N–H and O–H groups in total. The Morgan fingerprint density at radius 3 is 2.64 bits per heavy atom. The van der Waals surface area contributed by atoms with Gasteiger partial charge in [0.05, 0.1) is 7.11 Å². The molecule has 0 saturated carbocycles. The van der Waals surface area contributed by atoms with Crippen molar-refractivity contribution in [3.63, 3.8) is 0 Å². The molecule has 10 heteroatoms. The fraction of sp³-hybridized carbons (Fsp3) is 0.200. The topological polar surface area (TPSA) is 100 Å². The molecule has 132 valence electrons. The first kappa shape index (κ1) is 17.4. The zero-order valence-electron chi connectivity index (χ0n) is 13.5. The number of aromatic nitrogens is 1. The van der Waals surface area contributed by atoms with Gasteiger partial charge in [-0.2, -0.15) is 8.42 Å². The highest BCUT2D eigenvalue weighted by Crippen LogP contribution is 2.37. The van der Waals surface area contributed by atoms with Crippen LogP contribution in [-0.4, -0.2) is 49.4 Å². The molecule has 1 aliphatic heterocycles. The lowest BCUT2D eigenvalue weighted by atomic mass is 10.1. The normalized spacial score (nSPS) is 16.4. The summed E-state index contributed by atoms with van der Waals surface area (Å²) in [5.74, 6) is -0.454. The molecule has 0 bridgehead atoms. The number of carbonyl (C=O) groups is 1. The molecule has 1 amide bonds. The second-order valence-corrected chi connectivity index (χ2v) is 7.88. The second kappa shape index (κ2) is 6.16. The number of methoxy groups -OCH3 is 1. The van der Waals surface area contributed by atoms with Crippen LogP contribution in [0.5, 0.6) is 11.6 Å². The van der Waals surface area contributed by atoms with Crippen molar-refractivity contribution in [2.75, 3.05) is 25.0 Å². The fourth-order valence-corrected chi connectivity index (χ4v) is 4.51. The minimum Gasteiger partial charge on any atom is -0.506 e. The summed E-state index contributed by atoms with van der Waals surface area (Å²) in [7, 11) is 1.06. The lowest BCUT2D eigenvalue weighted by Crippen LogP contribution is -2.33. The summed E-state index contributed by atoms with van der Waals surface area (Å²) < 4.78 is 31.4. The van der Waals surface area contributed by atoms with Crippen LogP contribution < -0.4 is 14.3 Å². The summed E-state index contributed by atoms with van der Waals surface area (Å²) in [5.41, 5.74) is 1.30. The van der Waals surface area contributed by atoms with Crippen LogP contribution >= 0.6 is 9.24 Å². The monoisotopic (exact) mass is 381 g/mol. The van der Waals surface area contributed by atoms with Crippen LogP contribution in [0, 0.1) is 0 Å². The summed E-state index contributed by atoms with van der Waals surface area (Å²) in [6.07, 6.45) is 1.58. The number of phenolic OH excluding ortho intramolecular Hbond substituents is 1. The molecule has 0 spiro atoms. The minimum absolute atomic E-state index is 0.0503. The molecule has 1 aromatic carbocycles. The number of ether oxygens (including phenoxy) is 1. The number of amides is 1. The van der Waals surface area contributed by atoms with E-state index in [4.69, 9.17) is 4.74 Å². The molecule has 1 unspecified atom stereocenters. The standard InChI is InChI=1S/C15H16N3O5PS/c1-17-13(20)8-18(25(17,21)22)14-11(19)6-9(7-12(14)24)10-4-3-5-16-15(10)23-2/h3-7,19H,8,24H2,1-2H3. The van der Waals surface area contributed by atoms with Gasteiger partial charge in [-0.05, 0) is 35.1 Å². The van der Waals surface area contributed by atoms with Crippen LogP contribution in [0.25, 0.3) is 11.1 Å². The molecule has 3 rings (SSSR count). The van der Waals surface area contributed by atoms with E-state index in [-0.39, 0.29) is 18.0 Å². The number of carbonyl (C=O) groups excluding carboxylic acids is 1. The van der Waals surface area contributed by atoms with Crippen molar-refractivity contribution >= 4 is 36.3 Å². The molecular formula is C15H16N3O5PS. The predicted octanol–water partition coefficient (Wildman–Crippen LogP) is 0.486. The minimum atomic E-state index is -4.00. The maximum atomic E-state index is 12.3. The van der Waals surface area contributed by atoms with Gasteiger partial charge in [-0.1, -0.05) is 0 Å². The molecular weight excluding hydrogens is 365 g/mol. The van der Waals surface area contributed by atoms with Gasteiger partial charge in [0.2, 0.25) is 5.88 Å². The molecule has 0 aliphatic carbocycles. The average molecular weight is 381 g/mol. The lowest BCUT2D eigenvalue weighted by molar-refractivity contribution is -0.123. The van der Waals surface area contributed by atoms with Gasteiger partial charge in [-0.15, -0.1) is 9.24 Å².